The normalized spacial score (nSPS) is 16.4. The van der Waals surface area contributed by atoms with Crippen molar-refractivity contribution in [1.29, 1.82) is 0 Å². The Kier molecular flexibility index (Phi) is 7.22. The summed E-state index contributed by atoms with van der Waals surface area (Å²) in [6, 6.07) is 10.1. The van der Waals surface area contributed by atoms with Crippen molar-refractivity contribution in [2.45, 2.75) is 19.6 Å². The van der Waals surface area contributed by atoms with Gasteiger partial charge in [0.2, 0.25) is 0 Å². The molecule has 1 saturated heterocycles. The number of likely N-dealkylation sites (N-methyl/N-ethyl adjacent to an activating group) is 1. The quantitative estimate of drug-likeness (QED) is 0.552. The maximum Gasteiger partial charge on any atom is 0.320 e. The average molecular weight is 454 g/mol. The summed E-state index contributed by atoms with van der Waals surface area (Å²) in [6.45, 7) is 5.27. The Labute approximate surface area is 193 Å². The predicted molar refractivity (Wildman–Crippen MR) is 127 cm³/mol. The highest BCUT2D eigenvalue weighted by atomic mass is 16.5. The monoisotopic (exact) mass is 453 g/mol. The predicted octanol–water partition coefficient (Wildman–Crippen LogP) is 2.36. The van der Waals surface area contributed by atoms with Crippen LogP contribution in [0.25, 0.3) is 22.3 Å². The number of fused-ring (bicyclic) bond motifs is 1. The number of methoxy groups -OCH3 is 1. The first-order valence-corrected chi connectivity index (χ1v) is 11.1. The van der Waals surface area contributed by atoms with Crippen LogP contribution in [0.1, 0.15) is 12.5 Å². The van der Waals surface area contributed by atoms with E-state index in [1.165, 1.54) is 0 Å². The van der Waals surface area contributed by atoms with E-state index in [4.69, 9.17) is 24.2 Å². The number of nitrogens with zero attached hydrogens (tertiary/aromatic N) is 5. The summed E-state index contributed by atoms with van der Waals surface area (Å²) in [6.07, 6.45) is 0. The molecule has 3 aromatic rings. The van der Waals surface area contributed by atoms with Crippen LogP contribution in [0.2, 0.25) is 0 Å². The lowest BCUT2D eigenvalue weighted by Crippen LogP contribution is -2.44. The zero-order chi connectivity index (χ0) is 23.4. The van der Waals surface area contributed by atoms with E-state index >= 15 is 0 Å². The van der Waals surface area contributed by atoms with Crippen molar-refractivity contribution in [1.82, 2.24) is 19.9 Å². The summed E-state index contributed by atoms with van der Waals surface area (Å²) in [4.78, 5) is 18.5. The van der Waals surface area contributed by atoms with Gasteiger partial charge >= 0.3 is 6.01 Å². The van der Waals surface area contributed by atoms with Crippen LogP contribution >= 0.6 is 0 Å². The number of ether oxygens (including phenoxy) is 3. The van der Waals surface area contributed by atoms with E-state index in [0.717, 1.165) is 35.6 Å². The minimum Gasteiger partial charge on any atom is -0.496 e. The van der Waals surface area contributed by atoms with Gasteiger partial charge in [0, 0.05) is 24.2 Å². The molecule has 176 valence electrons. The van der Waals surface area contributed by atoms with Crippen LogP contribution in [0.5, 0.6) is 11.8 Å². The standard InChI is InChI=1S/C24H31N5O4/c1-16-15-32-11-10-29(16)23-19-6-7-20(17-5-8-21(31-4)18(13-17)14-30)25-22(19)26-24(27-23)33-12-9-28(2)3/h5-8,13,16,30H,9-12,14-15H2,1-4H3/t16-/m0/s1. The van der Waals surface area contributed by atoms with Crippen molar-refractivity contribution in [3.8, 4) is 23.0 Å². The van der Waals surface area contributed by atoms with E-state index in [9.17, 15) is 5.11 Å². The molecule has 0 saturated carbocycles. The average Bonchev–Trinajstić information content (AvgIpc) is 2.83. The van der Waals surface area contributed by atoms with Crippen LogP contribution in [-0.2, 0) is 11.3 Å². The molecule has 1 N–H and O–H groups in total. The highest BCUT2D eigenvalue weighted by Crippen LogP contribution is 2.31. The van der Waals surface area contributed by atoms with Gasteiger partial charge in [-0.05, 0) is 51.4 Å². The van der Waals surface area contributed by atoms with Gasteiger partial charge in [0.25, 0.3) is 0 Å². The van der Waals surface area contributed by atoms with Gasteiger partial charge in [0.15, 0.2) is 5.65 Å². The molecule has 3 heterocycles. The topological polar surface area (TPSA) is 93.1 Å². The van der Waals surface area contributed by atoms with Gasteiger partial charge in [-0.1, -0.05) is 0 Å². The lowest BCUT2D eigenvalue weighted by molar-refractivity contribution is 0.0985. The largest absolute Gasteiger partial charge is 0.496 e. The molecule has 0 radical (unpaired) electrons. The number of hydrogen-bond donors (Lipinski definition) is 1. The molecule has 0 aliphatic carbocycles. The third-order valence-corrected chi connectivity index (χ3v) is 5.67. The third-order valence-electron chi connectivity index (χ3n) is 5.67. The smallest absolute Gasteiger partial charge is 0.320 e. The number of aromatic nitrogens is 3. The van der Waals surface area contributed by atoms with Crippen molar-refractivity contribution >= 4 is 16.9 Å². The molecule has 1 aliphatic heterocycles. The Morgan fingerprint density at radius 3 is 2.76 bits per heavy atom. The molecule has 9 heteroatoms. The molecule has 33 heavy (non-hydrogen) atoms. The van der Waals surface area contributed by atoms with Crippen LogP contribution in [0, 0.1) is 0 Å². The molecule has 0 spiro atoms. The first-order valence-electron chi connectivity index (χ1n) is 11.1. The van der Waals surface area contributed by atoms with Crippen molar-refractivity contribution < 1.29 is 19.3 Å². The molecular weight excluding hydrogens is 422 g/mol. The van der Waals surface area contributed by atoms with E-state index < -0.39 is 0 Å². The second-order valence-corrected chi connectivity index (χ2v) is 8.35. The fraction of sp³-hybridized carbons (Fsp3) is 0.458. The molecule has 0 amide bonds. The maximum absolute atomic E-state index is 9.70. The summed E-state index contributed by atoms with van der Waals surface area (Å²) in [5.74, 6) is 1.45. The molecule has 2 aromatic heterocycles. The number of anilines is 1. The van der Waals surface area contributed by atoms with Gasteiger partial charge in [0.05, 0.1) is 44.1 Å². The highest BCUT2D eigenvalue weighted by Gasteiger charge is 2.24. The van der Waals surface area contributed by atoms with Crippen molar-refractivity contribution in [2.75, 3.05) is 59.0 Å². The lowest BCUT2D eigenvalue weighted by Gasteiger charge is -2.34. The number of benzene rings is 1. The van der Waals surface area contributed by atoms with Gasteiger partial charge in [-0.25, -0.2) is 4.98 Å². The van der Waals surface area contributed by atoms with Crippen molar-refractivity contribution in [3.05, 3.63) is 35.9 Å². The Balaban J connectivity index is 1.77. The Hall–Kier alpha value is -3.01. The number of pyridine rings is 1. The number of hydrogen-bond acceptors (Lipinski definition) is 9. The molecule has 9 nitrogen and oxygen atoms in total. The Bertz CT molecular complexity index is 1110. The summed E-state index contributed by atoms with van der Waals surface area (Å²) < 4.78 is 16.8. The van der Waals surface area contributed by atoms with Crippen LogP contribution in [0.4, 0.5) is 5.82 Å². The molecule has 0 unspecified atom stereocenters. The summed E-state index contributed by atoms with van der Waals surface area (Å²) in [7, 11) is 5.58. The minimum absolute atomic E-state index is 0.115. The number of aliphatic hydroxyl groups is 1. The number of rotatable bonds is 8. The summed E-state index contributed by atoms with van der Waals surface area (Å²) >= 11 is 0. The zero-order valence-corrected chi connectivity index (χ0v) is 19.6. The second-order valence-electron chi connectivity index (χ2n) is 8.35. The molecule has 4 rings (SSSR count). The van der Waals surface area contributed by atoms with Crippen molar-refractivity contribution in [3.63, 3.8) is 0 Å². The van der Waals surface area contributed by atoms with Crippen LogP contribution in [-0.4, -0.2) is 85.1 Å². The lowest BCUT2D eigenvalue weighted by atomic mass is 10.1. The molecular formula is C24H31N5O4. The van der Waals surface area contributed by atoms with Gasteiger partial charge in [-0.2, -0.15) is 9.97 Å². The fourth-order valence-electron chi connectivity index (χ4n) is 3.84. The van der Waals surface area contributed by atoms with E-state index in [2.05, 4.69) is 16.8 Å². The number of morpholine rings is 1. The SMILES string of the molecule is COc1ccc(-c2ccc3c(N4CCOC[C@@H]4C)nc(OCCN(C)C)nc3n2)cc1CO. The highest BCUT2D eigenvalue weighted by molar-refractivity contribution is 5.89. The van der Waals surface area contributed by atoms with E-state index in [1.54, 1.807) is 7.11 Å². The first-order chi connectivity index (χ1) is 16.0. The zero-order valence-electron chi connectivity index (χ0n) is 19.6. The molecule has 0 bridgehead atoms. The molecule has 1 aromatic carbocycles. The summed E-state index contributed by atoms with van der Waals surface area (Å²) in [5, 5.41) is 10.6. The fourth-order valence-corrected chi connectivity index (χ4v) is 3.84. The third kappa shape index (κ3) is 5.16. The van der Waals surface area contributed by atoms with E-state index in [1.807, 2.05) is 49.3 Å². The Morgan fingerprint density at radius 1 is 1.18 bits per heavy atom. The maximum atomic E-state index is 9.70. The molecule has 1 atom stereocenters. The first kappa shape index (κ1) is 23.2. The van der Waals surface area contributed by atoms with Gasteiger partial charge < -0.3 is 29.1 Å². The number of aliphatic hydroxyl groups excluding tert-OH is 1. The van der Waals surface area contributed by atoms with Crippen LogP contribution in [0.3, 0.4) is 0 Å². The van der Waals surface area contributed by atoms with Gasteiger partial charge in [-0.15, -0.1) is 0 Å². The molecule has 1 aliphatic rings. The van der Waals surface area contributed by atoms with Crippen LogP contribution < -0.4 is 14.4 Å². The van der Waals surface area contributed by atoms with Crippen LogP contribution in [0.15, 0.2) is 30.3 Å². The van der Waals surface area contributed by atoms with Gasteiger partial charge in [-0.3, -0.25) is 0 Å². The minimum atomic E-state index is -0.115. The second kappa shape index (κ2) is 10.3. The Morgan fingerprint density at radius 2 is 2.03 bits per heavy atom. The van der Waals surface area contributed by atoms with E-state index in [0.29, 0.717) is 42.8 Å². The van der Waals surface area contributed by atoms with Crippen molar-refractivity contribution in [2.24, 2.45) is 0 Å². The van der Waals surface area contributed by atoms with Gasteiger partial charge in [0.1, 0.15) is 18.2 Å². The molecule has 1 fully saturated rings. The summed E-state index contributed by atoms with van der Waals surface area (Å²) in [5.41, 5.74) is 2.89. The van der Waals surface area contributed by atoms with E-state index in [-0.39, 0.29) is 12.6 Å².